The number of fused-ring (bicyclic) bond motifs is 1. The van der Waals surface area contributed by atoms with Crippen LogP contribution in [0.5, 0.6) is 0 Å². The minimum absolute atomic E-state index is 0.0866. The number of carbonyl (C=O) groups is 2. The molecule has 0 aromatic heterocycles. The number of benzene rings is 1. The molecule has 3 rings (SSSR count). The van der Waals surface area contributed by atoms with Gasteiger partial charge in [-0.05, 0) is 39.0 Å². The van der Waals surface area contributed by atoms with Gasteiger partial charge in [-0.2, -0.15) is 18.2 Å². The number of halogens is 3. The highest BCUT2D eigenvalue weighted by atomic mass is 32.2. The Morgan fingerprint density at radius 1 is 1.25 bits per heavy atom. The summed E-state index contributed by atoms with van der Waals surface area (Å²) in [6, 6.07) is 3.76. The van der Waals surface area contributed by atoms with Crippen LogP contribution in [0.3, 0.4) is 0 Å². The summed E-state index contributed by atoms with van der Waals surface area (Å²) in [5, 5.41) is 1.89. The van der Waals surface area contributed by atoms with Crippen LogP contribution in [0.2, 0.25) is 0 Å². The van der Waals surface area contributed by atoms with E-state index in [1.54, 1.807) is 20.8 Å². The molecule has 2 amide bonds. The molecule has 8 nitrogen and oxygen atoms in total. The van der Waals surface area contributed by atoms with Crippen molar-refractivity contribution < 1.29 is 35.9 Å². The van der Waals surface area contributed by atoms with Gasteiger partial charge in [0, 0.05) is 10.9 Å². The average Bonchev–Trinajstić information content (AvgIpc) is 3.08. The van der Waals surface area contributed by atoms with Crippen LogP contribution < -0.4 is 10.2 Å². The molecule has 0 radical (unpaired) electrons. The number of hydrogen-bond acceptors (Lipinski definition) is 6. The lowest BCUT2D eigenvalue weighted by Crippen LogP contribution is -2.38. The van der Waals surface area contributed by atoms with Crippen molar-refractivity contribution in [2.24, 2.45) is 4.99 Å². The maximum Gasteiger partial charge on any atom is 0.416 e. The largest absolute Gasteiger partial charge is 0.444 e. The molecule has 2 aliphatic rings. The van der Waals surface area contributed by atoms with Crippen molar-refractivity contribution in [1.29, 1.82) is 0 Å². The van der Waals surface area contributed by atoms with Crippen molar-refractivity contribution in [3.8, 4) is 0 Å². The highest BCUT2D eigenvalue weighted by Crippen LogP contribution is 2.42. The standard InChI is InChI=1S/C19H22F3N3O5S2/c1-18(2,3)30-17(27)23-8-15(26)24-16-25(13-9-32(28,29)10-14(13)31-16)12-6-4-5-11(7-12)19(20,21)22/h4-7,13-14H,8-10H2,1-3H3,(H,23,27)/t13-,14-/m1/s1. The van der Waals surface area contributed by atoms with E-state index in [4.69, 9.17) is 4.74 Å². The summed E-state index contributed by atoms with van der Waals surface area (Å²) in [6.45, 7) is 4.49. The highest BCUT2D eigenvalue weighted by Gasteiger charge is 2.49. The molecule has 176 valence electrons. The first-order chi connectivity index (χ1) is 14.6. The maximum atomic E-state index is 13.2. The molecule has 32 heavy (non-hydrogen) atoms. The molecule has 0 unspecified atom stereocenters. The van der Waals surface area contributed by atoms with Gasteiger partial charge in [0.1, 0.15) is 12.1 Å². The van der Waals surface area contributed by atoms with Gasteiger partial charge in [-0.25, -0.2) is 13.2 Å². The van der Waals surface area contributed by atoms with Crippen molar-refractivity contribution in [3.05, 3.63) is 29.8 Å². The van der Waals surface area contributed by atoms with E-state index in [0.717, 1.165) is 23.9 Å². The van der Waals surface area contributed by atoms with E-state index in [0.29, 0.717) is 0 Å². The molecule has 1 N–H and O–H groups in total. The number of alkyl carbamates (subject to hydrolysis) is 1. The van der Waals surface area contributed by atoms with Gasteiger partial charge < -0.3 is 15.0 Å². The fourth-order valence-corrected chi connectivity index (χ4v) is 7.24. The molecule has 2 aliphatic heterocycles. The minimum Gasteiger partial charge on any atom is -0.444 e. The molecule has 0 saturated carbocycles. The summed E-state index contributed by atoms with van der Waals surface area (Å²) in [6.07, 6.45) is -5.41. The molecule has 0 bridgehead atoms. The number of hydrogen-bond donors (Lipinski definition) is 1. The van der Waals surface area contributed by atoms with Crippen LogP contribution in [0.1, 0.15) is 26.3 Å². The van der Waals surface area contributed by atoms with Crippen LogP contribution in [0.15, 0.2) is 29.3 Å². The van der Waals surface area contributed by atoms with Gasteiger partial charge >= 0.3 is 12.3 Å². The van der Waals surface area contributed by atoms with Gasteiger partial charge in [0.05, 0.1) is 23.1 Å². The van der Waals surface area contributed by atoms with E-state index in [2.05, 4.69) is 10.3 Å². The lowest BCUT2D eigenvalue weighted by Gasteiger charge is -2.25. The topological polar surface area (TPSA) is 105 Å². The second-order valence-electron chi connectivity index (χ2n) is 8.36. The molecule has 2 saturated heterocycles. The predicted octanol–water partition coefficient (Wildman–Crippen LogP) is 2.83. The quantitative estimate of drug-likeness (QED) is 0.690. The van der Waals surface area contributed by atoms with Crippen molar-refractivity contribution in [3.63, 3.8) is 0 Å². The van der Waals surface area contributed by atoms with E-state index >= 15 is 0 Å². The maximum absolute atomic E-state index is 13.2. The van der Waals surface area contributed by atoms with Gasteiger partial charge in [-0.3, -0.25) is 4.79 Å². The molecule has 2 heterocycles. The Labute approximate surface area is 187 Å². The summed E-state index contributed by atoms with van der Waals surface area (Å²) in [5.41, 5.74) is -1.58. The number of thioether (sulfide) groups is 1. The van der Waals surface area contributed by atoms with Crippen LogP contribution in [-0.2, 0) is 25.5 Å². The van der Waals surface area contributed by atoms with Crippen LogP contribution in [0.25, 0.3) is 0 Å². The third kappa shape index (κ3) is 5.94. The first-order valence-electron chi connectivity index (χ1n) is 9.56. The first-order valence-corrected chi connectivity index (χ1v) is 12.3. The van der Waals surface area contributed by atoms with Gasteiger partial charge in [-0.1, -0.05) is 17.8 Å². The van der Waals surface area contributed by atoms with Crippen LogP contribution in [0.4, 0.5) is 23.7 Å². The number of carbonyl (C=O) groups excluding carboxylic acids is 2. The third-order valence-corrected chi connectivity index (χ3v) is 7.73. The molecule has 1 aromatic carbocycles. The number of sulfone groups is 1. The highest BCUT2D eigenvalue weighted by molar-refractivity contribution is 8.16. The molecular weight excluding hydrogens is 471 g/mol. The Bertz CT molecular complexity index is 1050. The number of anilines is 1. The Hall–Kier alpha value is -2.28. The third-order valence-electron chi connectivity index (χ3n) is 4.52. The summed E-state index contributed by atoms with van der Waals surface area (Å²) < 4.78 is 68.8. The van der Waals surface area contributed by atoms with Gasteiger partial charge in [0.15, 0.2) is 15.0 Å². The monoisotopic (exact) mass is 493 g/mol. The van der Waals surface area contributed by atoms with Gasteiger partial charge in [0.25, 0.3) is 5.91 Å². The van der Waals surface area contributed by atoms with Crippen molar-refractivity contribution in [2.75, 3.05) is 23.0 Å². The van der Waals surface area contributed by atoms with Crippen LogP contribution in [-0.4, -0.2) is 60.5 Å². The summed E-state index contributed by atoms with van der Waals surface area (Å²) in [7, 11) is -3.37. The first kappa shape index (κ1) is 24.4. The van der Waals surface area contributed by atoms with E-state index in [-0.39, 0.29) is 22.4 Å². The van der Waals surface area contributed by atoms with E-state index in [9.17, 15) is 31.2 Å². The second-order valence-corrected chi connectivity index (χ2v) is 11.7. The molecular formula is C19H22F3N3O5S2. The zero-order valence-corrected chi connectivity index (χ0v) is 19.1. The number of amides is 2. The summed E-state index contributed by atoms with van der Waals surface area (Å²) >= 11 is 1.02. The SMILES string of the molecule is CC(C)(C)OC(=O)NCC(=O)N=C1S[C@@H]2CS(=O)(=O)C[C@H]2N1c1cccc(C(F)(F)F)c1. The number of rotatable bonds is 3. The lowest BCUT2D eigenvalue weighted by molar-refractivity contribution is -0.137. The van der Waals surface area contributed by atoms with Gasteiger partial charge in [0.2, 0.25) is 0 Å². The Morgan fingerprint density at radius 3 is 2.56 bits per heavy atom. The number of alkyl halides is 3. The van der Waals surface area contributed by atoms with Crippen LogP contribution >= 0.6 is 11.8 Å². The number of ether oxygens (including phenoxy) is 1. The average molecular weight is 494 g/mol. The normalized spacial score (nSPS) is 23.8. The lowest BCUT2D eigenvalue weighted by atomic mass is 10.1. The smallest absolute Gasteiger partial charge is 0.416 e. The van der Waals surface area contributed by atoms with Crippen molar-refractivity contribution in [1.82, 2.24) is 5.32 Å². The zero-order valence-electron chi connectivity index (χ0n) is 17.5. The minimum atomic E-state index is -4.59. The number of nitrogens with zero attached hydrogens (tertiary/aromatic N) is 2. The Kier molecular flexibility index (Phi) is 6.53. The molecule has 2 atom stereocenters. The Balaban J connectivity index is 1.85. The molecule has 1 aromatic rings. The van der Waals surface area contributed by atoms with E-state index in [1.807, 2.05) is 0 Å². The molecule has 2 fully saturated rings. The molecule has 0 aliphatic carbocycles. The van der Waals surface area contributed by atoms with E-state index < -0.39 is 57.0 Å². The van der Waals surface area contributed by atoms with Crippen LogP contribution in [0, 0.1) is 0 Å². The fraction of sp³-hybridized carbons (Fsp3) is 0.526. The van der Waals surface area contributed by atoms with E-state index in [1.165, 1.54) is 17.0 Å². The summed E-state index contributed by atoms with van der Waals surface area (Å²) in [5.74, 6) is -1.18. The second kappa shape index (κ2) is 8.58. The molecule has 13 heteroatoms. The Morgan fingerprint density at radius 2 is 1.94 bits per heavy atom. The number of amidine groups is 1. The van der Waals surface area contributed by atoms with Gasteiger partial charge in [-0.15, -0.1) is 0 Å². The zero-order chi connectivity index (χ0) is 23.9. The number of aliphatic imine (C=N–C) groups is 1. The fourth-order valence-electron chi connectivity index (χ4n) is 3.31. The number of nitrogens with one attached hydrogen (secondary N) is 1. The predicted molar refractivity (Wildman–Crippen MR) is 114 cm³/mol. The van der Waals surface area contributed by atoms with Crippen molar-refractivity contribution >= 4 is 44.5 Å². The molecule has 0 spiro atoms. The summed E-state index contributed by atoms with van der Waals surface area (Å²) in [4.78, 5) is 29.4. The van der Waals surface area contributed by atoms with Crippen molar-refractivity contribution in [2.45, 2.75) is 43.8 Å².